The highest BCUT2D eigenvalue weighted by molar-refractivity contribution is 9.10. The fourth-order valence-electron chi connectivity index (χ4n) is 1.62. The molecule has 19 heavy (non-hydrogen) atoms. The van der Waals surface area contributed by atoms with Crippen molar-refractivity contribution in [3.8, 4) is 0 Å². The van der Waals surface area contributed by atoms with Gasteiger partial charge in [0.2, 0.25) is 5.91 Å². The molecule has 0 aliphatic carbocycles. The number of hydrogen-bond acceptors (Lipinski definition) is 3. The minimum atomic E-state index is 0.0457. The van der Waals surface area contributed by atoms with Crippen LogP contribution in [0, 0.1) is 5.92 Å². The summed E-state index contributed by atoms with van der Waals surface area (Å²) in [5, 5.41) is 11.8. The molecule has 1 amide bonds. The zero-order valence-corrected chi connectivity index (χ0v) is 13.5. The molecule has 0 aliphatic rings. The Hall–Kier alpha value is -0.520. The monoisotopic (exact) mass is 345 g/mol. The lowest BCUT2D eigenvalue weighted by atomic mass is 10.0. The topological polar surface area (TPSA) is 49.3 Å². The van der Waals surface area contributed by atoms with E-state index in [-0.39, 0.29) is 12.5 Å². The third-order valence-corrected chi connectivity index (χ3v) is 4.43. The van der Waals surface area contributed by atoms with Gasteiger partial charge in [0, 0.05) is 22.5 Å². The lowest BCUT2D eigenvalue weighted by Crippen LogP contribution is -2.30. The van der Waals surface area contributed by atoms with Crippen molar-refractivity contribution in [3.05, 3.63) is 28.7 Å². The molecule has 1 unspecified atom stereocenters. The summed E-state index contributed by atoms with van der Waals surface area (Å²) in [6.07, 6.45) is 1.72. The van der Waals surface area contributed by atoms with Crippen molar-refractivity contribution in [1.29, 1.82) is 0 Å². The molecule has 1 atom stereocenters. The van der Waals surface area contributed by atoms with Crippen LogP contribution in [-0.4, -0.2) is 29.9 Å². The van der Waals surface area contributed by atoms with Gasteiger partial charge in [0.25, 0.3) is 0 Å². The van der Waals surface area contributed by atoms with E-state index in [0.29, 0.717) is 18.2 Å². The maximum absolute atomic E-state index is 11.7. The van der Waals surface area contributed by atoms with Crippen molar-refractivity contribution >= 4 is 33.6 Å². The van der Waals surface area contributed by atoms with Crippen LogP contribution in [0.4, 0.5) is 0 Å². The van der Waals surface area contributed by atoms with Crippen molar-refractivity contribution < 1.29 is 9.90 Å². The fraction of sp³-hybridized carbons (Fsp3) is 0.500. The minimum Gasteiger partial charge on any atom is -0.396 e. The smallest absolute Gasteiger partial charge is 0.230 e. The number of carbonyl (C=O) groups is 1. The van der Waals surface area contributed by atoms with Crippen LogP contribution in [0.2, 0.25) is 0 Å². The van der Waals surface area contributed by atoms with E-state index < -0.39 is 0 Å². The average molecular weight is 346 g/mol. The summed E-state index contributed by atoms with van der Waals surface area (Å²) in [5.74, 6) is 0.841. The Labute approximate surface area is 127 Å². The van der Waals surface area contributed by atoms with Gasteiger partial charge < -0.3 is 10.4 Å². The lowest BCUT2D eigenvalue weighted by molar-refractivity contribution is -0.118. The molecule has 0 spiro atoms. The zero-order chi connectivity index (χ0) is 14.1. The van der Waals surface area contributed by atoms with Gasteiger partial charge in [-0.05, 0) is 36.6 Å². The van der Waals surface area contributed by atoms with Gasteiger partial charge in [-0.15, -0.1) is 11.8 Å². The first-order valence-electron chi connectivity index (χ1n) is 6.41. The first kappa shape index (κ1) is 16.5. The van der Waals surface area contributed by atoms with Gasteiger partial charge in [-0.1, -0.05) is 29.3 Å². The maximum atomic E-state index is 11.7. The second-order valence-electron chi connectivity index (χ2n) is 4.33. The zero-order valence-electron chi connectivity index (χ0n) is 11.1. The number of thioether (sulfide) groups is 1. The van der Waals surface area contributed by atoms with Crippen LogP contribution < -0.4 is 5.32 Å². The number of hydrogen-bond donors (Lipinski definition) is 2. The number of aliphatic hydroxyl groups is 1. The molecule has 0 heterocycles. The van der Waals surface area contributed by atoms with Crippen LogP contribution in [0.15, 0.2) is 33.6 Å². The Bertz CT molecular complexity index is 384. The van der Waals surface area contributed by atoms with Crippen molar-refractivity contribution in [3.63, 3.8) is 0 Å². The van der Waals surface area contributed by atoms with Gasteiger partial charge in [0.15, 0.2) is 0 Å². The van der Waals surface area contributed by atoms with E-state index in [2.05, 4.69) is 28.2 Å². The molecular formula is C14H20BrNO2S. The fourth-order valence-corrected chi connectivity index (χ4v) is 2.61. The number of amides is 1. The highest BCUT2D eigenvalue weighted by atomic mass is 79.9. The van der Waals surface area contributed by atoms with E-state index in [4.69, 9.17) is 5.11 Å². The summed E-state index contributed by atoms with van der Waals surface area (Å²) in [6.45, 7) is 2.90. The number of carbonyl (C=O) groups excluding carboxylic acids is 1. The number of aliphatic hydroxyl groups excluding tert-OH is 1. The first-order valence-corrected chi connectivity index (χ1v) is 8.19. The summed E-state index contributed by atoms with van der Waals surface area (Å²) in [5.41, 5.74) is 0. The highest BCUT2D eigenvalue weighted by Gasteiger charge is 2.08. The second kappa shape index (κ2) is 9.39. The molecule has 0 radical (unpaired) electrons. The molecule has 0 saturated heterocycles. The van der Waals surface area contributed by atoms with Gasteiger partial charge in [0.1, 0.15) is 0 Å². The van der Waals surface area contributed by atoms with E-state index in [1.165, 1.54) is 11.8 Å². The third kappa shape index (κ3) is 6.99. The standard InChI is InChI=1S/C14H20BrNO2S/c1-2-11(7-8-17)9-16-14(18)10-19-13-5-3-12(15)4-6-13/h3-6,11,17H,2,7-10H2,1H3,(H,16,18). The van der Waals surface area contributed by atoms with Gasteiger partial charge >= 0.3 is 0 Å². The van der Waals surface area contributed by atoms with E-state index in [0.717, 1.165) is 22.2 Å². The van der Waals surface area contributed by atoms with Crippen molar-refractivity contribution in [2.45, 2.75) is 24.7 Å². The summed E-state index contributed by atoms with van der Waals surface area (Å²) >= 11 is 4.91. The summed E-state index contributed by atoms with van der Waals surface area (Å²) < 4.78 is 1.04. The molecule has 2 N–H and O–H groups in total. The molecule has 5 heteroatoms. The van der Waals surface area contributed by atoms with Gasteiger partial charge in [0.05, 0.1) is 5.75 Å². The van der Waals surface area contributed by atoms with E-state index in [9.17, 15) is 4.79 Å². The van der Waals surface area contributed by atoms with Gasteiger partial charge in [-0.3, -0.25) is 4.79 Å². The quantitative estimate of drug-likeness (QED) is 0.712. The Kier molecular flexibility index (Phi) is 8.18. The predicted octanol–water partition coefficient (Wildman–Crippen LogP) is 3.07. The molecule has 1 aromatic carbocycles. The number of nitrogens with one attached hydrogen (secondary N) is 1. The maximum Gasteiger partial charge on any atom is 0.230 e. The predicted molar refractivity (Wildman–Crippen MR) is 83.4 cm³/mol. The molecule has 106 valence electrons. The van der Waals surface area contributed by atoms with Crippen LogP contribution >= 0.6 is 27.7 Å². The molecule has 3 nitrogen and oxygen atoms in total. The average Bonchev–Trinajstić information content (AvgIpc) is 2.42. The summed E-state index contributed by atoms with van der Waals surface area (Å²) in [6, 6.07) is 7.91. The van der Waals surface area contributed by atoms with Crippen molar-refractivity contribution in [1.82, 2.24) is 5.32 Å². The molecule has 0 aromatic heterocycles. The van der Waals surface area contributed by atoms with Crippen molar-refractivity contribution in [2.75, 3.05) is 18.9 Å². The van der Waals surface area contributed by atoms with Crippen LogP contribution in [0.3, 0.4) is 0 Å². The van der Waals surface area contributed by atoms with Crippen molar-refractivity contribution in [2.24, 2.45) is 5.92 Å². The van der Waals surface area contributed by atoms with Crippen LogP contribution in [-0.2, 0) is 4.79 Å². The Morgan fingerprint density at radius 3 is 2.68 bits per heavy atom. The second-order valence-corrected chi connectivity index (χ2v) is 6.30. The number of rotatable bonds is 8. The number of benzene rings is 1. The van der Waals surface area contributed by atoms with Crippen LogP contribution in [0.1, 0.15) is 19.8 Å². The Morgan fingerprint density at radius 2 is 2.11 bits per heavy atom. The third-order valence-electron chi connectivity index (χ3n) is 2.89. The van der Waals surface area contributed by atoms with E-state index in [1.807, 2.05) is 24.3 Å². The van der Waals surface area contributed by atoms with Gasteiger partial charge in [-0.2, -0.15) is 0 Å². The Morgan fingerprint density at radius 1 is 1.42 bits per heavy atom. The normalized spacial score (nSPS) is 12.2. The van der Waals surface area contributed by atoms with Crippen LogP contribution in [0.25, 0.3) is 0 Å². The lowest BCUT2D eigenvalue weighted by Gasteiger charge is -2.14. The summed E-state index contributed by atoms with van der Waals surface area (Å²) in [7, 11) is 0. The molecule has 0 fully saturated rings. The van der Waals surface area contributed by atoms with Crippen LogP contribution in [0.5, 0.6) is 0 Å². The molecule has 0 bridgehead atoms. The molecular weight excluding hydrogens is 326 g/mol. The SMILES string of the molecule is CCC(CCO)CNC(=O)CSc1ccc(Br)cc1. The molecule has 0 saturated carbocycles. The van der Waals surface area contributed by atoms with E-state index >= 15 is 0 Å². The first-order chi connectivity index (χ1) is 9.15. The molecule has 0 aliphatic heterocycles. The van der Waals surface area contributed by atoms with Gasteiger partial charge in [-0.25, -0.2) is 0 Å². The number of halogens is 1. The van der Waals surface area contributed by atoms with E-state index in [1.54, 1.807) is 0 Å². The molecule has 1 aromatic rings. The molecule has 1 rings (SSSR count). The summed E-state index contributed by atoms with van der Waals surface area (Å²) in [4.78, 5) is 12.8. The Balaban J connectivity index is 2.25. The minimum absolute atomic E-state index is 0.0457. The highest BCUT2D eigenvalue weighted by Crippen LogP contribution is 2.20. The largest absolute Gasteiger partial charge is 0.396 e.